The number of para-hydroxylation sites is 1. The molecule has 0 bridgehead atoms. The van der Waals surface area contributed by atoms with Crippen molar-refractivity contribution in [1.82, 2.24) is 5.43 Å². The van der Waals surface area contributed by atoms with Crippen molar-refractivity contribution in [2.24, 2.45) is 5.10 Å². The van der Waals surface area contributed by atoms with Gasteiger partial charge in [-0.3, -0.25) is 14.9 Å². The number of carbonyl (C=O) groups excluding carboxylic acids is 1. The standard InChI is InChI=1S/C17H15F2N3O5/c1-2-26-14-5-3-4-12(15(14)27-17(18)19)10-20-21-16(23)11-6-8-13(9-7-11)22(24)25/h3-10,17H,2H2,1H3,(H,21,23)/b20-10-. The quantitative estimate of drug-likeness (QED) is 0.430. The van der Waals surface area contributed by atoms with Gasteiger partial charge in [0.2, 0.25) is 0 Å². The van der Waals surface area contributed by atoms with Crippen molar-refractivity contribution in [2.45, 2.75) is 13.5 Å². The summed E-state index contributed by atoms with van der Waals surface area (Å²) < 4.78 is 35.0. The molecule has 0 aliphatic carbocycles. The number of amides is 1. The van der Waals surface area contributed by atoms with Crippen LogP contribution in [0, 0.1) is 10.1 Å². The minimum Gasteiger partial charge on any atom is -0.490 e. The highest BCUT2D eigenvalue weighted by atomic mass is 19.3. The van der Waals surface area contributed by atoms with Gasteiger partial charge in [-0.1, -0.05) is 6.07 Å². The summed E-state index contributed by atoms with van der Waals surface area (Å²) in [5, 5.41) is 14.3. The van der Waals surface area contributed by atoms with Crippen molar-refractivity contribution in [2.75, 3.05) is 6.61 Å². The first-order chi connectivity index (χ1) is 12.9. The summed E-state index contributed by atoms with van der Waals surface area (Å²) in [6.07, 6.45) is 1.13. The number of ether oxygens (including phenoxy) is 2. The van der Waals surface area contributed by atoms with E-state index in [1.54, 1.807) is 13.0 Å². The Balaban J connectivity index is 2.13. The molecule has 0 heterocycles. The maximum Gasteiger partial charge on any atom is 0.387 e. The molecule has 0 aliphatic heterocycles. The molecule has 2 aromatic rings. The molecular weight excluding hydrogens is 364 g/mol. The Morgan fingerprint density at radius 3 is 2.59 bits per heavy atom. The molecule has 0 radical (unpaired) electrons. The first-order valence-corrected chi connectivity index (χ1v) is 7.70. The SMILES string of the molecule is CCOc1cccc(/C=N\NC(=O)c2ccc([N+](=O)[O-])cc2)c1OC(F)F. The summed E-state index contributed by atoms with van der Waals surface area (Å²) in [6, 6.07) is 9.38. The van der Waals surface area contributed by atoms with Gasteiger partial charge in [0.25, 0.3) is 11.6 Å². The summed E-state index contributed by atoms with van der Waals surface area (Å²) in [5.74, 6) is -0.718. The van der Waals surface area contributed by atoms with Crippen LogP contribution in [0.1, 0.15) is 22.8 Å². The highest BCUT2D eigenvalue weighted by Gasteiger charge is 2.15. The maximum absolute atomic E-state index is 12.6. The summed E-state index contributed by atoms with van der Waals surface area (Å²) in [5.41, 5.74) is 2.36. The Kier molecular flexibility index (Phi) is 6.75. The molecule has 2 rings (SSSR count). The molecule has 1 N–H and O–H groups in total. The summed E-state index contributed by atoms with van der Waals surface area (Å²) in [6.45, 7) is -1.12. The van der Waals surface area contributed by atoms with E-state index in [1.807, 2.05) is 0 Å². The molecule has 0 unspecified atom stereocenters. The van der Waals surface area contributed by atoms with Gasteiger partial charge < -0.3 is 9.47 Å². The number of benzene rings is 2. The van der Waals surface area contributed by atoms with Gasteiger partial charge in [-0.15, -0.1) is 0 Å². The first-order valence-electron chi connectivity index (χ1n) is 7.70. The van der Waals surface area contributed by atoms with Crippen molar-refractivity contribution < 1.29 is 28.0 Å². The molecule has 0 saturated carbocycles. The molecular formula is C17H15F2N3O5. The van der Waals surface area contributed by atoms with Crippen LogP contribution in [0.4, 0.5) is 14.5 Å². The highest BCUT2D eigenvalue weighted by Crippen LogP contribution is 2.31. The number of hydrogen-bond donors (Lipinski definition) is 1. The van der Waals surface area contributed by atoms with E-state index in [-0.39, 0.29) is 34.9 Å². The number of nitrogens with zero attached hydrogens (tertiary/aromatic N) is 2. The van der Waals surface area contributed by atoms with E-state index in [0.29, 0.717) is 0 Å². The van der Waals surface area contributed by atoms with Gasteiger partial charge in [0.15, 0.2) is 11.5 Å². The van der Waals surface area contributed by atoms with E-state index in [2.05, 4.69) is 15.3 Å². The van der Waals surface area contributed by atoms with E-state index in [1.165, 1.54) is 36.4 Å². The molecule has 0 aromatic heterocycles. The fraction of sp³-hybridized carbons (Fsp3) is 0.176. The fourth-order valence-electron chi connectivity index (χ4n) is 2.08. The number of hydrogen-bond acceptors (Lipinski definition) is 6. The summed E-state index contributed by atoms with van der Waals surface area (Å²) >= 11 is 0. The number of nitro benzene ring substituents is 1. The minimum atomic E-state index is -3.06. The molecule has 1 amide bonds. The predicted molar refractivity (Wildman–Crippen MR) is 92.4 cm³/mol. The third kappa shape index (κ3) is 5.46. The average Bonchev–Trinajstić information content (AvgIpc) is 2.64. The van der Waals surface area contributed by atoms with Crippen LogP contribution in [0.15, 0.2) is 47.6 Å². The van der Waals surface area contributed by atoms with Gasteiger partial charge in [-0.05, 0) is 31.2 Å². The van der Waals surface area contributed by atoms with E-state index in [4.69, 9.17) is 4.74 Å². The van der Waals surface area contributed by atoms with Crippen molar-refractivity contribution in [3.63, 3.8) is 0 Å². The first kappa shape index (κ1) is 19.8. The maximum atomic E-state index is 12.6. The zero-order valence-corrected chi connectivity index (χ0v) is 14.1. The third-order valence-corrected chi connectivity index (χ3v) is 3.23. The Morgan fingerprint density at radius 1 is 1.30 bits per heavy atom. The van der Waals surface area contributed by atoms with Gasteiger partial charge in [0, 0.05) is 23.3 Å². The normalized spacial score (nSPS) is 10.8. The van der Waals surface area contributed by atoms with Crippen LogP contribution in [-0.2, 0) is 0 Å². The number of hydrazone groups is 1. The largest absolute Gasteiger partial charge is 0.490 e. The Morgan fingerprint density at radius 2 is 2.00 bits per heavy atom. The number of rotatable bonds is 8. The second-order valence-corrected chi connectivity index (χ2v) is 4.99. The number of alkyl halides is 2. The minimum absolute atomic E-state index is 0.114. The molecule has 0 saturated heterocycles. The van der Waals surface area contributed by atoms with Crippen molar-refractivity contribution in [3.8, 4) is 11.5 Å². The molecule has 27 heavy (non-hydrogen) atoms. The number of nitrogens with one attached hydrogen (secondary N) is 1. The zero-order valence-electron chi connectivity index (χ0n) is 14.1. The van der Waals surface area contributed by atoms with Crippen LogP contribution in [0.25, 0.3) is 0 Å². The molecule has 142 valence electrons. The van der Waals surface area contributed by atoms with Crippen LogP contribution >= 0.6 is 0 Å². The van der Waals surface area contributed by atoms with Gasteiger partial charge in [0.1, 0.15) is 0 Å². The second kappa shape index (κ2) is 9.22. The lowest BCUT2D eigenvalue weighted by atomic mass is 10.2. The smallest absolute Gasteiger partial charge is 0.387 e. The lowest BCUT2D eigenvalue weighted by Gasteiger charge is -2.13. The summed E-state index contributed by atoms with van der Waals surface area (Å²) in [4.78, 5) is 22.0. The highest BCUT2D eigenvalue weighted by molar-refractivity contribution is 5.95. The van der Waals surface area contributed by atoms with Crippen LogP contribution in [0.2, 0.25) is 0 Å². The fourth-order valence-corrected chi connectivity index (χ4v) is 2.08. The van der Waals surface area contributed by atoms with Crippen molar-refractivity contribution >= 4 is 17.8 Å². The molecule has 8 nitrogen and oxygen atoms in total. The molecule has 0 fully saturated rings. The van der Waals surface area contributed by atoms with Gasteiger partial charge >= 0.3 is 6.61 Å². The molecule has 10 heteroatoms. The zero-order chi connectivity index (χ0) is 19.8. The molecule has 0 atom stereocenters. The molecule has 0 spiro atoms. The lowest BCUT2D eigenvalue weighted by Crippen LogP contribution is -2.17. The summed E-state index contributed by atoms with van der Waals surface area (Å²) in [7, 11) is 0. The predicted octanol–water partition coefficient (Wildman–Crippen LogP) is 3.36. The van der Waals surface area contributed by atoms with Gasteiger partial charge in [-0.25, -0.2) is 5.43 Å². The number of carbonyl (C=O) groups is 1. The van der Waals surface area contributed by atoms with E-state index in [9.17, 15) is 23.7 Å². The van der Waals surface area contributed by atoms with Crippen LogP contribution in [0.3, 0.4) is 0 Å². The average molecular weight is 379 g/mol. The van der Waals surface area contributed by atoms with Crippen LogP contribution in [0.5, 0.6) is 11.5 Å². The van der Waals surface area contributed by atoms with Gasteiger partial charge in [-0.2, -0.15) is 13.9 Å². The van der Waals surface area contributed by atoms with E-state index < -0.39 is 17.4 Å². The van der Waals surface area contributed by atoms with Gasteiger partial charge in [0.05, 0.1) is 17.7 Å². The molecule has 2 aromatic carbocycles. The number of halogens is 2. The van der Waals surface area contributed by atoms with Crippen molar-refractivity contribution in [3.05, 3.63) is 63.7 Å². The van der Waals surface area contributed by atoms with Crippen LogP contribution in [-0.4, -0.2) is 30.3 Å². The van der Waals surface area contributed by atoms with Crippen molar-refractivity contribution in [1.29, 1.82) is 0 Å². The topological polar surface area (TPSA) is 103 Å². The van der Waals surface area contributed by atoms with E-state index >= 15 is 0 Å². The van der Waals surface area contributed by atoms with Crippen LogP contribution < -0.4 is 14.9 Å². The monoisotopic (exact) mass is 379 g/mol. The Labute approximate surface area is 152 Å². The lowest BCUT2D eigenvalue weighted by molar-refractivity contribution is -0.384. The number of nitro groups is 1. The molecule has 0 aliphatic rings. The Bertz CT molecular complexity index is 841. The number of non-ortho nitro benzene ring substituents is 1. The Hall–Kier alpha value is -3.56. The third-order valence-electron chi connectivity index (χ3n) is 3.23. The van der Waals surface area contributed by atoms with E-state index in [0.717, 1.165) is 6.21 Å². The second-order valence-electron chi connectivity index (χ2n) is 4.99.